The van der Waals surface area contributed by atoms with Crippen LogP contribution in [0.5, 0.6) is 0 Å². The van der Waals surface area contributed by atoms with Gasteiger partial charge in [-0.1, -0.05) is 0 Å². The monoisotopic (exact) mass is 274 g/mol. The fraction of sp³-hybridized carbons (Fsp3) is 0.571. The van der Waals surface area contributed by atoms with Gasteiger partial charge in [0.25, 0.3) is 0 Å². The van der Waals surface area contributed by atoms with Crippen molar-refractivity contribution in [3.05, 3.63) is 11.6 Å². The third-order valence-electron chi connectivity index (χ3n) is 2.00. The van der Waals surface area contributed by atoms with Gasteiger partial charge >= 0.3 is 12.5 Å². The molecule has 0 bridgehead atoms. The zero-order chi connectivity index (χ0) is 13.6. The lowest BCUT2D eigenvalue weighted by Gasteiger charge is -2.23. The maximum atomic E-state index is 12.5. The number of aromatic nitrogens is 3. The molecule has 1 aromatic rings. The zero-order valence-electron chi connectivity index (χ0n) is 8.33. The third kappa shape index (κ3) is 2.44. The highest BCUT2D eigenvalue weighted by molar-refractivity contribution is 5.75. The first-order chi connectivity index (χ1) is 8.18. The van der Waals surface area contributed by atoms with Crippen LogP contribution in [0.25, 0.3) is 0 Å². The van der Waals surface area contributed by atoms with Crippen LogP contribution < -0.4 is 0 Å². The molecule has 1 unspecified atom stereocenters. The fourth-order valence-corrected chi connectivity index (χ4v) is 1.42. The Morgan fingerprint density at radius 1 is 1.17 bits per heavy atom. The number of hydrogen-bond acceptors (Lipinski definition) is 4. The Kier molecular flexibility index (Phi) is 2.80. The Bertz CT molecular complexity index is 475. The molecule has 0 amide bonds. The Morgan fingerprint density at radius 2 is 1.83 bits per heavy atom. The molecule has 0 radical (unpaired) electrons. The minimum atomic E-state index is -5.08. The van der Waals surface area contributed by atoms with Crippen molar-refractivity contribution in [1.29, 1.82) is 0 Å². The van der Waals surface area contributed by atoms with Crippen molar-refractivity contribution >= 4 is 6.21 Å². The number of halogens is 6. The molecule has 0 fully saturated rings. The van der Waals surface area contributed by atoms with Crippen LogP contribution in [-0.4, -0.2) is 33.9 Å². The summed E-state index contributed by atoms with van der Waals surface area (Å²) in [6.07, 6.45) is -11.1. The van der Waals surface area contributed by atoms with E-state index in [4.69, 9.17) is 0 Å². The second-order valence-electron chi connectivity index (χ2n) is 3.26. The summed E-state index contributed by atoms with van der Waals surface area (Å²) >= 11 is 0. The zero-order valence-corrected chi connectivity index (χ0v) is 8.33. The average Bonchev–Trinajstić information content (AvgIpc) is 2.58. The van der Waals surface area contributed by atoms with Crippen LogP contribution in [0, 0.1) is 0 Å². The van der Waals surface area contributed by atoms with Crippen LogP contribution in [0.3, 0.4) is 0 Å². The molecule has 0 spiro atoms. The van der Waals surface area contributed by atoms with Gasteiger partial charge in [0.1, 0.15) is 0 Å². The highest BCUT2D eigenvalue weighted by atomic mass is 19.4. The van der Waals surface area contributed by atoms with Crippen molar-refractivity contribution in [3.63, 3.8) is 0 Å². The summed E-state index contributed by atoms with van der Waals surface area (Å²) in [6.45, 7) is -0.604. The van der Waals surface area contributed by atoms with E-state index >= 15 is 0 Å². The summed E-state index contributed by atoms with van der Waals surface area (Å²) in [6, 6.07) is 0. The van der Waals surface area contributed by atoms with Gasteiger partial charge in [-0.15, -0.1) is 23.4 Å². The Hall–Kier alpha value is -1.65. The summed E-state index contributed by atoms with van der Waals surface area (Å²) in [7, 11) is 0. The number of rotatable bonds is 1. The number of alkyl halides is 6. The van der Waals surface area contributed by atoms with E-state index in [0.717, 1.165) is 6.21 Å². The molecule has 0 aromatic carbocycles. The molecule has 11 heteroatoms. The molecule has 2 rings (SSSR count). The van der Waals surface area contributed by atoms with Gasteiger partial charge in [0, 0.05) is 0 Å². The predicted molar refractivity (Wildman–Crippen MR) is 43.7 cm³/mol. The summed E-state index contributed by atoms with van der Waals surface area (Å²) in [4.78, 5) is 3.44. The van der Waals surface area contributed by atoms with E-state index in [2.05, 4.69) is 19.9 Å². The molecule has 0 saturated heterocycles. The molecule has 0 aliphatic carbocycles. The Balaban J connectivity index is 2.41. The van der Waals surface area contributed by atoms with Gasteiger partial charge < -0.3 is 0 Å². The maximum Gasteiger partial charge on any atom is 0.524 e. The summed E-state index contributed by atoms with van der Waals surface area (Å²) in [5.41, 5.74) is 0. The lowest BCUT2D eigenvalue weighted by Crippen LogP contribution is -2.31. The van der Waals surface area contributed by atoms with Crippen LogP contribution in [-0.2, 0) is 10.9 Å². The minimum Gasteiger partial charge on any atom is -0.285 e. The first kappa shape index (κ1) is 12.8. The van der Waals surface area contributed by atoms with E-state index in [1.54, 1.807) is 0 Å². The van der Waals surface area contributed by atoms with E-state index in [1.807, 2.05) is 0 Å². The quantitative estimate of drug-likeness (QED) is 0.733. The molecule has 0 N–H and O–H groups in total. The topological polar surface area (TPSA) is 52.3 Å². The standard InChI is InChI=1S/C7H4F6N4O/c8-6(9,10)5-16-15-3-1-14-2-4(17(3)5)18-7(11,12)13/h1,4H,2H2. The van der Waals surface area contributed by atoms with Gasteiger partial charge in [-0.25, -0.2) is 0 Å². The number of fused-ring (bicyclic) bond motifs is 1. The molecule has 5 nitrogen and oxygen atoms in total. The molecule has 100 valence electrons. The van der Waals surface area contributed by atoms with Gasteiger partial charge in [0.05, 0.1) is 12.8 Å². The number of ether oxygens (including phenoxy) is 1. The van der Waals surface area contributed by atoms with Crippen LogP contribution in [0.15, 0.2) is 4.99 Å². The number of nitrogens with zero attached hydrogens (tertiary/aromatic N) is 4. The van der Waals surface area contributed by atoms with E-state index in [0.29, 0.717) is 0 Å². The van der Waals surface area contributed by atoms with Crippen molar-refractivity contribution in [2.45, 2.75) is 18.8 Å². The molecule has 18 heavy (non-hydrogen) atoms. The molecule has 1 aliphatic heterocycles. The van der Waals surface area contributed by atoms with E-state index in [9.17, 15) is 26.3 Å². The second kappa shape index (κ2) is 3.93. The van der Waals surface area contributed by atoms with Gasteiger partial charge in [0.15, 0.2) is 12.1 Å². The Morgan fingerprint density at radius 3 is 2.39 bits per heavy atom. The molecule has 1 aromatic heterocycles. The predicted octanol–water partition coefficient (Wildman–Crippen LogP) is 1.76. The van der Waals surface area contributed by atoms with Crippen LogP contribution in [0.4, 0.5) is 26.3 Å². The lowest BCUT2D eigenvalue weighted by atomic mass is 10.4. The van der Waals surface area contributed by atoms with Crippen molar-refractivity contribution in [3.8, 4) is 0 Å². The maximum absolute atomic E-state index is 12.5. The molecule has 0 saturated carbocycles. The van der Waals surface area contributed by atoms with Crippen LogP contribution in [0.2, 0.25) is 0 Å². The Labute approximate surface area is 95.1 Å². The summed E-state index contributed by atoms with van der Waals surface area (Å²) in [5.74, 6) is -2.00. The van der Waals surface area contributed by atoms with Crippen molar-refractivity contribution in [1.82, 2.24) is 14.8 Å². The number of aliphatic imine (C=N–C) groups is 1. The van der Waals surface area contributed by atoms with Crippen molar-refractivity contribution < 1.29 is 31.1 Å². The minimum absolute atomic E-state index is 0.223. The molecule has 1 atom stereocenters. The highest BCUT2D eigenvalue weighted by Gasteiger charge is 2.43. The summed E-state index contributed by atoms with van der Waals surface area (Å²) < 4.78 is 77.5. The smallest absolute Gasteiger partial charge is 0.285 e. The van der Waals surface area contributed by atoms with Crippen LogP contribution in [0.1, 0.15) is 17.9 Å². The summed E-state index contributed by atoms with van der Waals surface area (Å²) in [5, 5.41) is 5.90. The van der Waals surface area contributed by atoms with Crippen molar-refractivity contribution in [2.24, 2.45) is 4.99 Å². The normalized spacial score (nSPS) is 20.0. The van der Waals surface area contributed by atoms with Crippen LogP contribution >= 0.6 is 0 Å². The van der Waals surface area contributed by atoms with Gasteiger partial charge in [0.2, 0.25) is 5.82 Å². The molecule has 1 aliphatic rings. The van der Waals surface area contributed by atoms with Crippen molar-refractivity contribution in [2.75, 3.05) is 6.54 Å². The van der Waals surface area contributed by atoms with E-state index in [1.165, 1.54) is 0 Å². The van der Waals surface area contributed by atoms with Gasteiger partial charge in [-0.3, -0.25) is 14.3 Å². The molecular formula is C7H4F6N4O. The third-order valence-corrected chi connectivity index (χ3v) is 2.00. The first-order valence-electron chi connectivity index (χ1n) is 4.45. The van der Waals surface area contributed by atoms with Gasteiger partial charge in [-0.05, 0) is 0 Å². The first-order valence-corrected chi connectivity index (χ1v) is 4.45. The lowest BCUT2D eigenvalue weighted by molar-refractivity contribution is -0.354. The fourth-order valence-electron chi connectivity index (χ4n) is 1.42. The van der Waals surface area contributed by atoms with E-state index in [-0.39, 0.29) is 4.57 Å². The van der Waals surface area contributed by atoms with E-state index < -0.39 is 37.0 Å². The number of hydrogen-bond donors (Lipinski definition) is 0. The highest BCUT2D eigenvalue weighted by Crippen LogP contribution is 2.33. The van der Waals surface area contributed by atoms with Gasteiger partial charge in [-0.2, -0.15) is 13.2 Å². The average molecular weight is 274 g/mol. The second-order valence-corrected chi connectivity index (χ2v) is 3.26. The SMILES string of the molecule is FC(F)(F)OC1CN=Cc2nnc(C(F)(F)F)n21. The largest absolute Gasteiger partial charge is 0.524 e. The molecular weight excluding hydrogens is 270 g/mol. The molecule has 2 heterocycles.